The van der Waals surface area contributed by atoms with Crippen molar-refractivity contribution in [3.63, 3.8) is 0 Å². The second kappa shape index (κ2) is 8.98. The molecule has 0 bridgehead atoms. The second-order valence-corrected chi connectivity index (χ2v) is 8.36. The molecule has 0 aliphatic rings. The molecule has 2 N–H and O–H groups in total. The van der Waals surface area contributed by atoms with Gasteiger partial charge in [-0.1, -0.05) is 42.5 Å². The summed E-state index contributed by atoms with van der Waals surface area (Å²) in [4.78, 5) is 12.3. The van der Waals surface area contributed by atoms with E-state index in [9.17, 15) is 17.6 Å². The fourth-order valence-electron chi connectivity index (χ4n) is 2.76. The van der Waals surface area contributed by atoms with Gasteiger partial charge in [-0.25, -0.2) is 17.5 Å². The van der Waals surface area contributed by atoms with E-state index >= 15 is 0 Å². The molecule has 0 saturated carbocycles. The Labute approximate surface area is 169 Å². The number of rotatable bonds is 7. The van der Waals surface area contributed by atoms with Crippen molar-refractivity contribution in [2.24, 2.45) is 0 Å². The molecule has 150 valence electrons. The van der Waals surface area contributed by atoms with Gasteiger partial charge >= 0.3 is 0 Å². The van der Waals surface area contributed by atoms with E-state index in [4.69, 9.17) is 0 Å². The van der Waals surface area contributed by atoms with Crippen LogP contribution in [-0.4, -0.2) is 14.3 Å². The molecule has 0 spiro atoms. The summed E-state index contributed by atoms with van der Waals surface area (Å²) in [7, 11) is -3.72. The number of benzene rings is 3. The Morgan fingerprint density at radius 3 is 2.07 bits per heavy atom. The summed E-state index contributed by atoms with van der Waals surface area (Å²) < 4.78 is 39.9. The van der Waals surface area contributed by atoms with Gasteiger partial charge < -0.3 is 5.32 Å². The maximum Gasteiger partial charge on any atom is 0.251 e. The monoisotopic (exact) mass is 412 g/mol. The number of hydrogen-bond donors (Lipinski definition) is 2. The summed E-state index contributed by atoms with van der Waals surface area (Å²) in [6.45, 7) is 2.36. The summed E-state index contributed by atoms with van der Waals surface area (Å²) in [5.74, 6) is -0.631. The van der Waals surface area contributed by atoms with E-state index in [1.165, 1.54) is 12.1 Å². The molecule has 3 aromatic rings. The third-order valence-electron chi connectivity index (χ3n) is 4.46. The number of amides is 1. The maximum atomic E-state index is 13.0. The molecule has 0 unspecified atom stereocenters. The van der Waals surface area contributed by atoms with Gasteiger partial charge in [-0.15, -0.1) is 0 Å². The summed E-state index contributed by atoms with van der Waals surface area (Å²) in [6, 6.07) is 19.3. The topological polar surface area (TPSA) is 75.3 Å². The van der Waals surface area contributed by atoms with Crippen molar-refractivity contribution in [2.45, 2.75) is 24.9 Å². The molecule has 0 heterocycles. The molecule has 0 aliphatic carbocycles. The van der Waals surface area contributed by atoms with E-state index in [0.29, 0.717) is 12.1 Å². The third kappa shape index (κ3) is 5.49. The van der Waals surface area contributed by atoms with Crippen LogP contribution in [0.25, 0.3) is 0 Å². The predicted molar refractivity (Wildman–Crippen MR) is 109 cm³/mol. The summed E-state index contributed by atoms with van der Waals surface area (Å²) in [5.41, 5.74) is 3.22. The van der Waals surface area contributed by atoms with Crippen LogP contribution in [0.5, 0.6) is 0 Å². The molecule has 3 aromatic carbocycles. The highest BCUT2D eigenvalue weighted by Crippen LogP contribution is 2.12. The van der Waals surface area contributed by atoms with E-state index in [1.807, 2.05) is 37.3 Å². The Morgan fingerprint density at radius 1 is 0.862 bits per heavy atom. The fraction of sp³-hybridized carbons (Fsp3) is 0.136. The minimum atomic E-state index is -3.72. The molecule has 0 aliphatic heterocycles. The van der Waals surface area contributed by atoms with Crippen LogP contribution < -0.4 is 10.0 Å². The molecule has 5 nitrogen and oxygen atoms in total. The van der Waals surface area contributed by atoms with Gasteiger partial charge in [-0.2, -0.15) is 0 Å². The van der Waals surface area contributed by atoms with Crippen LogP contribution in [0.1, 0.15) is 27.0 Å². The molecule has 0 aromatic heterocycles. The zero-order valence-electron chi connectivity index (χ0n) is 15.9. The van der Waals surface area contributed by atoms with Gasteiger partial charge in [0, 0.05) is 18.7 Å². The molecular formula is C22H21FN2O3S. The van der Waals surface area contributed by atoms with Gasteiger partial charge in [-0.05, 0) is 53.9 Å². The van der Waals surface area contributed by atoms with Gasteiger partial charge in [0.05, 0.1) is 4.90 Å². The van der Waals surface area contributed by atoms with Gasteiger partial charge in [0.2, 0.25) is 10.0 Å². The SMILES string of the molecule is Cc1ccccc1C(=O)NCc1ccc(CNS(=O)(=O)c2ccc(F)cc2)cc1. The standard InChI is InChI=1S/C22H21FN2O3S/c1-16-4-2-3-5-21(16)22(26)24-14-17-6-8-18(9-7-17)15-25-29(27,28)20-12-10-19(23)11-13-20/h2-13,25H,14-15H2,1H3,(H,24,26). The maximum absolute atomic E-state index is 13.0. The highest BCUT2D eigenvalue weighted by atomic mass is 32.2. The highest BCUT2D eigenvalue weighted by molar-refractivity contribution is 7.89. The van der Waals surface area contributed by atoms with E-state index in [-0.39, 0.29) is 17.3 Å². The lowest BCUT2D eigenvalue weighted by atomic mass is 10.1. The number of hydrogen-bond acceptors (Lipinski definition) is 3. The number of sulfonamides is 1. The molecule has 7 heteroatoms. The Kier molecular flexibility index (Phi) is 6.41. The van der Waals surface area contributed by atoms with Crippen LogP contribution in [0, 0.1) is 12.7 Å². The summed E-state index contributed by atoms with van der Waals surface area (Å²) in [5, 5.41) is 2.88. The first-order valence-corrected chi connectivity index (χ1v) is 10.5. The minimum absolute atomic E-state index is 0.00874. The van der Waals surface area contributed by atoms with Crippen LogP contribution in [0.3, 0.4) is 0 Å². The second-order valence-electron chi connectivity index (χ2n) is 6.59. The first-order chi connectivity index (χ1) is 13.8. The average molecular weight is 412 g/mol. The molecule has 0 fully saturated rings. The lowest BCUT2D eigenvalue weighted by Gasteiger charge is -2.09. The van der Waals surface area contributed by atoms with Gasteiger partial charge in [0.1, 0.15) is 5.82 Å². The molecule has 0 saturated heterocycles. The van der Waals surface area contributed by atoms with Crippen molar-refractivity contribution < 1.29 is 17.6 Å². The van der Waals surface area contributed by atoms with E-state index in [0.717, 1.165) is 28.8 Å². The van der Waals surface area contributed by atoms with Crippen LogP contribution in [0.2, 0.25) is 0 Å². The Hall–Kier alpha value is -3.03. The van der Waals surface area contributed by atoms with Crippen molar-refractivity contribution in [1.82, 2.24) is 10.0 Å². The quantitative estimate of drug-likeness (QED) is 0.623. The number of halogens is 1. The Balaban J connectivity index is 1.55. The third-order valence-corrected chi connectivity index (χ3v) is 5.87. The van der Waals surface area contributed by atoms with Gasteiger partial charge in [0.25, 0.3) is 5.91 Å². The highest BCUT2D eigenvalue weighted by Gasteiger charge is 2.13. The fourth-order valence-corrected chi connectivity index (χ4v) is 3.77. The molecule has 0 radical (unpaired) electrons. The van der Waals surface area contributed by atoms with Crippen molar-refractivity contribution in [3.8, 4) is 0 Å². The van der Waals surface area contributed by atoms with Crippen molar-refractivity contribution >= 4 is 15.9 Å². The minimum Gasteiger partial charge on any atom is -0.348 e. The number of aryl methyl sites for hydroxylation is 1. The lowest BCUT2D eigenvalue weighted by Crippen LogP contribution is -2.24. The lowest BCUT2D eigenvalue weighted by molar-refractivity contribution is 0.0950. The zero-order valence-corrected chi connectivity index (χ0v) is 16.7. The summed E-state index contributed by atoms with van der Waals surface area (Å²) in [6.07, 6.45) is 0. The Bertz CT molecular complexity index is 1100. The van der Waals surface area contributed by atoms with E-state index in [1.54, 1.807) is 18.2 Å². The molecule has 29 heavy (non-hydrogen) atoms. The predicted octanol–water partition coefficient (Wildman–Crippen LogP) is 3.54. The van der Waals surface area contributed by atoms with Crippen molar-refractivity contribution in [1.29, 1.82) is 0 Å². The first-order valence-electron chi connectivity index (χ1n) is 9.02. The number of nitrogens with one attached hydrogen (secondary N) is 2. The van der Waals surface area contributed by atoms with E-state index in [2.05, 4.69) is 10.0 Å². The first kappa shape index (κ1) is 20.7. The van der Waals surface area contributed by atoms with Crippen molar-refractivity contribution in [2.75, 3.05) is 0 Å². The zero-order chi connectivity index (χ0) is 20.9. The van der Waals surface area contributed by atoms with Crippen LogP contribution in [-0.2, 0) is 23.1 Å². The normalized spacial score (nSPS) is 11.2. The molecular weight excluding hydrogens is 391 g/mol. The smallest absolute Gasteiger partial charge is 0.251 e. The van der Waals surface area contributed by atoms with Gasteiger partial charge in [0.15, 0.2) is 0 Å². The number of carbonyl (C=O) groups is 1. The molecule has 0 atom stereocenters. The van der Waals surface area contributed by atoms with Crippen molar-refractivity contribution in [3.05, 3.63) is 101 Å². The largest absolute Gasteiger partial charge is 0.348 e. The molecule has 3 rings (SSSR count). The molecule has 1 amide bonds. The van der Waals surface area contributed by atoms with Crippen LogP contribution in [0.15, 0.2) is 77.7 Å². The summed E-state index contributed by atoms with van der Waals surface area (Å²) >= 11 is 0. The Morgan fingerprint density at radius 2 is 1.45 bits per heavy atom. The van der Waals surface area contributed by atoms with Gasteiger partial charge in [-0.3, -0.25) is 4.79 Å². The van der Waals surface area contributed by atoms with Crippen LogP contribution in [0.4, 0.5) is 4.39 Å². The number of carbonyl (C=O) groups excluding carboxylic acids is 1. The van der Waals surface area contributed by atoms with E-state index < -0.39 is 15.8 Å². The average Bonchev–Trinajstić information content (AvgIpc) is 2.72. The van der Waals surface area contributed by atoms with Crippen LogP contribution >= 0.6 is 0 Å².